The summed E-state index contributed by atoms with van der Waals surface area (Å²) in [6.07, 6.45) is 2.42. The summed E-state index contributed by atoms with van der Waals surface area (Å²) in [5.41, 5.74) is 7.64. The summed E-state index contributed by atoms with van der Waals surface area (Å²) in [5, 5.41) is 0. The Hall–Kier alpha value is -1.55. The number of carbonyl (C=O) groups excluding carboxylic acids is 1. The Balaban J connectivity index is 1.82. The molecule has 0 spiro atoms. The molecule has 1 heterocycles. The first-order valence-electron chi connectivity index (χ1n) is 6.85. The molecule has 1 aliphatic heterocycles. The van der Waals surface area contributed by atoms with Crippen molar-refractivity contribution >= 4 is 11.6 Å². The van der Waals surface area contributed by atoms with E-state index < -0.39 is 0 Å². The van der Waals surface area contributed by atoms with Gasteiger partial charge in [-0.05, 0) is 44.6 Å². The summed E-state index contributed by atoms with van der Waals surface area (Å²) in [6.45, 7) is 1.75. The molecule has 1 unspecified atom stereocenters. The molecule has 1 aromatic carbocycles. The van der Waals surface area contributed by atoms with Crippen molar-refractivity contribution in [3.63, 3.8) is 0 Å². The normalized spacial score (nSPS) is 19.1. The number of likely N-dealkylation sites (tertiary alicyclic amines) is 1. The predicted molar refractivity (Wildman–Crippen MR) is 77.8 cm³/mol. The van der Waals surface area contributed by atoms with Gasteiger partial charge in [-0.1, -0.05) is 12.1 Å². The van der Waals surface area contributed by atoms with Crippen molar-refractivity contribution in [1.29, 1.82) is 0 Å². The van der Waals surface area contributed by atoms with Crippen LogP contribution in [0.2, 0.25) is 0 Å². The molecule has 2 N–H and O–H groups in total. The van der Waals surface area contributed by atoms with Gasteiger partial charge in [0.1, 0.15) is 0 Å². The molecule has 1 aromatic rings. The second kappa shape index (κ2) is 6.06. The van der Waals surface area contributed by atoms with Crippen molar-refractivity contribution in [2.75, 3.05) is 32.9 Å². The lowest BCUT2D eigenvalue weighted by Gasteiger charge is -2.20. The fourth-order valence-electron chi connectivity index (χ4n) is 2.55. The Labute approximate surface area is 115 Å². The molecule has 2 rings (SSSR count). The van der Waals surface area contributed by atoms with Crippen LogP contribution >= 0.6 is 0 Å². The van der Waals surface area contributed by atoms with E-state index in [0.29, 0.717) is 12.5 Å². The van der Waals surface area contributed by atoms with Crippen LogP contribution in [0.25, 0.3) is 0 Å². The largest absolute Gasteiger partial charge is 0.399 e. The predicted octanol–water partition coefficient (Wildman–Crippen LogP) is 1.36. The highest BCUT2D eigenvalue weighted by molar-refractivity contribution is 5.76. The summed E-state index contributed by atoms with van der Waals surface area (Å²) in [5.74, 6) is 0.256. The van der Waals surface area contributed by atoms with Crippen LogP contribution in [0.5, 0.6) is 0 Å². The van der Waals surface area contributed by atoms with Crippen LogP contribution in [0.15, 0.2) is 24.3 Å². The number of hydrogen-bond acceptors (Lipinski definition) is 3. The van der Waals surface area contributed by atoms with Crippen molar-refractivity contribution in [3.8, 4) is 0 Å². The third-order valence-corrected chi connectivity index (χ3v) is 3.82. The fraction of sp³-hybridized carbons (Fsp3) is 0.533. The van der Waals surface area contributed by atoms with E-state index in [1.807, 2.05) is 29.2 Å². The SMILES string of the molecule is CN(C)C1CCN(C(=O)CCc2cccc(N)c2)C1. The number of nitrogens with zero attached hydrogens (tertiary/aromatic N) is 2. The Bertz CT molecular complexity index is 445. The Morgan fingerprint density at radius 3 is 2.89 bits per heavy atom. The Morgan fingerprint density at radius 2 is 2.26 bits per heavy atom. The molecule has 1 saturated heterocycles. The van der Waals surface area contributed by atoms with E-state index >= 15 is 0 Å². The average Bonchev–Trinajstić information content (AvgIpc) is 2.86. The highest BCUT2D eigenvalue weighted by Gasteiger charge is 2.26. The molecule has 0 bridgehead atoms. The monoisotopic (exact) mass is 261 g/mol. The minimum atomic E-state index is 0.256. The van der Waals surface area contributed by atoms with E-state index in [-0.39, 0.29) is 5.91 Å². The van der Waals surface area contributed by atoms with Crippen molar-refractivity contribution in [2.24, 2.45) is 0 Å². The number of amides is 1. The Kier molecular flexibility index (Phi) is 4.43. The average molecular weight is 261 g/mol. The first-order valence-corrected chi connectivity index (χ1v) is 6.85. The van der Waals surface area contributed by atoms with Crippen LogP contribution in [-0.2, 0) is 11.2 Å². The summed E-state index contributed by atoms with van der Waals surface area (Å²) < 4.78 is 0. The van der Waals surface area contributed by atoms with Gasteiger partial charge in [-0.3, -0.25) is 4.79 Å². The van der Waals surface area contributed by atoms with E-state index in [0.717, 1.165) is 37.2 Å². The lowest BCUT2D eigenvalue weighted by Crippen LogP contribution is -2.34. The topological polar surface area (TPSA) is 49.6 Å². The molecule has 0 radical (unpaired) electrons. The number of likely N-dealkylation sites (N-methyl/N-ethyl adjacent to an activating group) is 1. The van der Waals surface area contributed by atoms with Gasteiger partial charge in [0.15, 0.2) is 0 Å². The van der Waals surface area contributed by atoms with Crippen LogP contribution < -0.4 is 5.73 Å². The van der Waals surface area contributed by atoms with E-state index in [9.17, 15) is 4.79 Å². The molecule has 1 fully saturated rings. The lowest BCUT2D eigenvalue weighted by molar-refractivity contribution is -0.130. The van der Waals surface area contributed by atoms with Crippen molar-refractivity contribution < 1.29 is 4.79 Å². The molecular formula is C15H23N3O. The molecule has 4 heteroatoms. The first-order chi connectivity index (χ1) is 9.06. The van der Waals surface area contributed by atoms with Gasteiger partial charge in [-0.15, -0.1) is 0 Å². The zero-order valence-corrected chi connectivity index (χ0v) is 11.8. The highest BCUT2D eigenvalue weighted by atomic mass is 16.2. The van der Waals surface area contributed by atoms with E-state index in [1.165, 1.54) is 0 Å². The van der Waals surface area contributed by atoms with Crippen molar-refractivity contribution in [1.82, 2.24) is 9.80 Å². The molecule has 1 aliphatic rings. The number of benzene rings is 1. The van der Waals surface area contributed by atoms with Gasteiger partial charge < -0.3 is 15.5 Å². The molecule has 0 saturated carbocycles. The fourth-order valence-corrected chi connectivity index (χ4v) is 2.55. The summed E-state index contributed by atoms with van der Waals surface area (Å²) in [4.78, 5) is 16.3. The van der Waals surface area contributed by atoms with Gasteiger partial charge in [0, 0.05) is 31.2 Å². The van der Waals surface area contributed by atoms with Crippen molar-refractivity contribution in [2.45, 2.75) is 25.3 Å². The van der Waals surface area contributed by atoms with Crippen LogP contribution in [0.4, 0.5) is 5.69 Å². The van der Waals surface area contributed by atoms with E-state index in [2.05, 4.69) is 19.0 Å². The maximum atomic E-state index is 12.1. The first kappa shape index (κ1) is 13.9. The number of carbonyl (C=O) groups is 1. The number of nitrogen functional groups attached to an aromatic ring is 1. The van der Waals surface area contributed by atoms with Gasteiger partial charge in [0.2, 0.25) is 5.91 Å². The van der Waals surface area contributed by atoms with Gasteiger partial charge in [-0.25, -0.2) is 0 Å². The van der Waals surface area contributed by atoms with Crippen LogP contribution in [-0.4, -0.2) is 48.9 Å². The second-order valence-corrected chi connectivity index (χ2v) is 5.49. The molecule has 19 heavy (non-hydrogen) atoms. The molecule has 4 nitrogen and oxygen atoms in total. The zero-order valence-electron chi connectivity index (χ0n) is 11.8. The lowest BCUT2D eigenvalue weighted by atomic mass is 10.1. The summed E-state index contributed by atoms with van der Waals surface area (Å²) in [7, 11) is 4.15. The second-order valence-electron chi connectivity index (χ2n) is 5.49. The number of anilines is 1. The minimum Gasteiger partial charge on any atom is -0.399 e. The van der Waals surface area contributed by atoms with E-state index in [4.69, 9.17) is 5.73 Å². The van der Waals surface area contributed by atoms with Gasteiger partial charge in [0.05, 0.1) is 0 Å². The van der Waals surface area contributed by atoms with Crippen LogP contribution in [0.1, 0.15) is 18.4 Å². The van der Waals surface area contributed by atoms with Crippen LogP contribution in [0.3, 0.4) is 0 Å². The third kappa shape index (κ3) is 3.70. The molecule has 1 amide bonds. The number of hydrogen-bond donors (Lipinski definition) is 1. The maximum absolute atomic E-state index is 12.1. The molecular weight excluding hydrogens is 238 g/mol. The highest BCUT2D eigenvalue weighted by Crippen LogP contribution is 2.15. The Morgan fingerprint density at radius 1 is 1.47 bits per heavy atom. The zero-order chi connectivity index (χ0) is 13.8. The van der Waals surface area contributed by atoms with Crippen molar-refractivity contribution in [3.05, 3.63) is 29.8 Å². The molecule has 0 aromatic heterocycles. The van der Waals surface area contributed by atoms with Gasteiger partial charge >= 0.3 is 0 Å². The molecule has 104 valence electrons. The standard InChI is InChI=1S/C15H23N3O/c1-17(2)14-8-9-18(11-14)15(19)7-6-12-4-3-5-13(16)10-12/h3-5,10,14H,6-9,11,16H2,1-2H3. The maximum Gasteiger partial charge on any atom is 0.222 e. The number of rotatable bonds is 4. The quantitative estimate of drug-likeness (QED) is 0.833. The van der Waals surface area contributed by atoms with Gasteiger partial charge in [-0.2, -0.15) is 0 Å². The van der Waals surface area contributed by atoms with E-state index in [1.54, 1.807) is 0 Å². The number of aryl methyl sites for hydroxylation is 1. The number of nitrogens with two attached hydrogens (primary N) is 1. The third-order valence-electron chi connectivity index (χ3n) is 3.82. The molecule has 0 aliphatic carbocycles. The van der Waals surface area contributed by atoms with Gasteiger partial charge in [0.25, 0.3) is 0 Å². The summed E-state index contributed by atoms with van der Waals surface area (Å²) in [6, 6.07) is 8.28. The summed E-state index contributed by atoms with van der Waals surface area (Å²) >= 11 is 0. The van der Waals surface area contributed by atoms with Crippen LogP contribution in [0, 0.1) is 0 Å². The molecule has 1 atom stereocenters. The minimum absolute atomic E-state index is 0.256. The smallest absolute Gasteiger partial charge is 0.222 e.